The van der Waals surface area contributed by atoms with Crippen molar-refractivity contribution in [2.45, 2.75) is 26.5 Å². The fourth-order valence-electron chi connectivity index (χ4n) is 3.25. The first-order valence-electron chi connectivity index (χ1n) is 8.60. The predicted octanol–water partition coefficient (Wildman–Crippen LogP) is 0.230. The lowest BCUT2D eigenvalue weighted by atomic mass is 10.2. The van der Waals surface area contributed by atoms with Crippen LogP contribution >= 0.6 is 0 Å². The summed E-state index contributed by atoms with van der Waals surface area (Å²) in [7, 11) is 0. The second kappa shape index (κ2) is 7.33. The maximum Gasteiger partial charge on any atom is 0.261 e. The number of aromatic nitrogens is 2. The highest BCUT2D eigenvalue weighted by Crippen LogP contribution is 2.09. The fraction of sp³-hybridized carbons (Fsp3) is 0.500. The minimum atomic E-state index is -0.368. The van der Waals surface area contributed by atoms with E-state index >= 15 is 0 Å². The molecule has 3 rings (SSSR count). The van der Waals surface area contributed by atoms with E-state index in [4.69, 9.17) is 0 Å². The third-order valence-electron chi connectivity index (χ3n) is 4.59. The van der Waals surface area contributed by atoms with Crippen molar-refractivity contribution in [2.24, 2.45) is 0 Å². The van der Waals surface area contributed by atoms with Crippen molar-refractivity contribution in [3.8, 4) is 0 Å². The van der Waals surface area contributed by atoms with Crippen LogP contribution in [0.2, 0.25) is 0 Å². The van der Waals surface area contributed by atoms with E-state index in [9.17, 15) is 14.7 Å². The SMILES string of the molecule is Cc1nc2ccccc2c(=O)n1CC(=O)N1CCN(C[C@H](C)O)CC1. The number of β-amino-alcohol motifs (C(OH)–C–C–N with tert-alkyl or cyclic N) is 1. The molecule has 2 aromatic rings. The monoisotopic (exact) mass is 344 g/mol. The molecule has 2 heterocycles. The molecule has 0 unspecified atom stereocenters. The number of hydrogen-bond acceptors (Lipinski definition) is 5. The van der Waals surface area contributed by atoms with Gasteiger partial charge in [0.05, 0.1) is 17.0 Å². The van der Waals surface area contributed by atoms with Crippen LogP contribution in [0.5, 0.6) is 0 Å². The molecule has 1 N–H and O–H groups in total. The third kappa shape index (κ3) is 3.88. The second-order valence-corrected chi connectivity index (χ2v) is 6.60. The molecule has 1 aromatic heterocycles. The molecule has 1 fully saturated rings. The molecule has 7 heteroatoms. The third-order valence-corrected chi connectivity index (χ3v) is 4.59. The number of piperazine rings is 1. The van der Waals surface area contributed by atoms with Crippen molar-refractivity contribution in [1.82, 2.24) is 19.4 Å². The zero-order valence-electron chi connectivity index (χ0n) is 14.7. The van der Waals surface area contributed by atoms with Crippen LogP contribution in [0, 0.1) is 6.92 Å². The quantitative estimate of drug-likeness (QED) is 0.859. The molecule has 1 saturated heterocycles. The first-order chi connectivity index (χ1) is 12.0. The number of rotatable bonds is 4. The van der Waals surface area contributed by atoms with E-state index in [2.05, 4.69) is 9.88 Å². The topological polar surface area (TPSA) is 78.7 Å². The largest absolute Gasteiger partial charge is 0.392 e. The molecule has 0 saturated carbocycles. The molecule has 1 aromatic carbocycles. The lowest BCUT2D eigenvalue weighted by Gasteiger charge is -2.35. The van der Waals surface area contributed by atoms with Crippen LogP contribution < -0.4 is 5.56 Å². The van der Waals surface area contributed by atoms with E-state index in [1.807, 2.05) is 6.07 Å². The van der Waals surface area contributed by atoms with Gasteiger partial charge < -0.3 is 10.0 Å². The number of aliphatic hydroxyl groups excluding tert-OH is 1. The van der Waals surface area contributed by atoms with Crippen molar-refractivity contribution in [1.29, 1.82) is 0 Å². The summed E-state index contributed by atoms with van der Waals surface area (Å²) < 4.78 is 1.45. The number of hydrogen-bond donors (Lipinski definition) is 1. The molecule has 1 amide bonds. The Morgan fingerprint density at radius 3 is 2.60 bits per heavy atom. The van der Waals surface area contributed by atoms with Gasteiger partial charge in [0, 0.05) is 32.7 Å². The fourth-order valence-corrected chi connectivity index (χ4v) is 3.25. The summed E-state index contributed by atoms with van der Waals surface area (Å²) >= 11 is 0. The zero-order chi connectivity index (χ0) is 18.0. The molecular weight excluding hydrogens is 320 g/mol. The van der Waals surface area contributed by atoms with E-state index in [-0.39, 0.29) is 24.1 Å². The van der Waals surface area contributed by atoms with Crippen molar-refractivity contribution in [3.63, 3.8) is 0 Å². The molecule has 0 bridgehead atoms. The number of para-hydroxylation sites is 1. The minimum Gasteiger partial charge on any atom is -0.392 e. The summed E-state index contributed by atoms with van der Waals surface area (Å²) in [6.45, 7) is 6.84. The van der Waals surface area contributed by atoms with E-state index < -0.39 is 0 Å². The summed E-state index contributed by atoms with van der Waals surface area (Å²) in [5, 5.41) is 9.99. The van der Waals surface area contributed by atoms with Crippen molar-refractivity contribution >= 4 is 16.8 Å². The van der Waals surface area contributed by atoms with E-state index in [1.165, 1.54) is 4.57 Å². The van der Waals surface area contributed by atoms with Crippen LogP contribution in [0.4, 0.5) is 0 Å². The van der Waals surface area contributed by atoms with Crippen LogP contribution in [0.3, 0.4) is 0 Å². The van der Waals surface area contributed by atoms with E-state index in [1.54, 1.807) is 36.9 Å². The number of aliphatic hydroxyl groups is 1. The number of amides is 1. The highest BCUT2D eigenvalue weighted by Gasteiger charge is 2.22. The van der Waals surface area contributed by atoms with E-state index in [0.29, 0.717) is 36.4 Å². The number of nitrogens with zero attached hydrogens (tertiary/aromatic N) is 4. The summed E-state index contributed by atoms with van der Waals surface area (Å²) in [4.78, 5) is 33.6. The average molecular weight is 344 g/mol. The van der Waals surface area contributed by atoms with Gasteiger partial charge in [-0.05, 0) is 26.0 Å². The first kappa shape index (κ1) is 17.6. The van der Waals surface area contributed by atoms with E-state index in [0.717, 1.165) is 13.1 Å². The standard InChI is InChI=1S/C18H24N4O3/c1-13(23)11-20-7-9-21(10-8-20)17(24)12-22-14(2)19-16-6-4-3-5-15(16)18(22)25/h3-6,13,23H,7-12H2,1-2H3/t13-/m0/s1. The van der Waals surface area contributed by atoms with Crippen LogP contribution in [-0.2, 0) is 11.3 Å². The molecule has 0 spiro atoms. The maximum absolute atomic E-state index is 12.7. The lowest BCUT2D eigenvalue weighted by Crippen LogP contribution is -2.51. The number of fused-ring (bicyclic) bond motifs is 1. The van der Waals surface area contributed by atoms with Gasteiger partial charge in [0.1, 0.15) is 12.4 Å². The summed E-state index contributed by atoms with van der Waals surface area (Å²) in [5.41, 5.74) is 0.477. The minimum absolute atomic E-state index is 0.0128. The zero-order valence-corrected chi connectivity index (χ0v) is 14.7. The second-order valence-electron chi connectivity index (χ2n) is 6.60. The molecule has 1 aliphatic heterocycles. The van der Waals surface area contributed by atoms with Gasteiger partial charge >= 0.3 is 0 Å². The number of aryl methyl sites for hydroxylation is 1. The molecule has 1 atom stereocenters. The van der Waals surface area contributed by atoms with Crippen molar-refractivity contribution < 1.29 is 9.90 Å². The van der Waals surface area contributed by atoms with Gasteiger partial charge in [0.25, 0.3) is 5.56 Å². The van der Waals surface area contributed by atoms with Crippen molar-refractivity contribution in [3.05, 3.63) is 40.4 Å². The van der Waals surface area contributed by atoms with Crippen LogP contribution in [0.1, 0.15) is 12.7 Å². The maximum atomic E-state index is 12.7. The van der Waals surface area contributed by atoms with Crippen molar-refractivity contribution in [2.75, 3.05) is 32.7 Å². The Morgan fingerprint density at radius 2 is 1.92 bits per heavy atom. The Hall–Kier alpha value is -2.25. The smallest absolute Gasteiger partial charge is 0.261 e. The number of carbonyl (C=O) groups excluding carboxylic acids is 1. The summed E-state index contributed by atoms with van der Waals surface area (Å²) in [6, 6.07) is 7.18. The Morgan fingerprint density at radius 1 is 1.24 bits per heavy atom. The molecule has 134 valence electrons. The Bertz CT molecular complexity index is 823. The van der Waals surface area contributed by atoms with Crippen LogP contribution in [-0.4, -0.2) is 69.2 Å². The van der Waals surface area contributed by atoms with Gasteiger partial charge in [-0.2, -0.15) is 0 Å². The van der Waals surface area contributed by atoms with Gasteiger partial charge in [0.15, 0.2) is 0 Å². The number of carbonyl (C=O) groups is 1. The lowest BCUT2D eigenvalue weighted by molar-refractivity contribution is -0.133. The summed E-state index contributed by atoms with van der Waals surface area (Å²) in [6.07, 6.45) is -0.368. The Labute approximate surface area is 146 Å². The van der Waals surface area contributed by atoms with Gasteiger partial charge in [-0.1, -0.05) is 12.1 Å². The molecule has 1 aliphatic rings. The van der Waals surface area contributed by atoms with Gasteiger partial charge in [-0.25, -0.2) is 4.98 Å². The Kier molecular flexibility index (Phi) is 5.15. The van der Waals surface area contributed by atoms with Gasteiger partial charge in [0.2, 0.25) is 5.91 Å². The first-order valence-corrected chi connectivity index (χ1v) is 8.60. The number of benzene rings is 1. The average Bonchev–Trinajstić information content (AvgIpc) is 2.58. The highest BCUT2D eigenvalue weighted by atomic mass is 16.3. The normalized spacial score (nSPS) is 17.0. The van der Waals surface area contributed by atoms with Gasteiger partial charge in [-0.3, -0.25) is 19.1 Å². The summed E-state index contributed by atoms with van der Waals surface area (Å²) in [5.74, 6) is 0.476. The molecule has 0 radical (unpaired) electrons. The molecule has 25 heavy (non-hydrogen) atoms. The highest BCUT2D eigenvalue weighted by molar-refractivity contribution is 5.79. The Balaban J connectivity index is 1.72. The van der Waals surface area contributed by atoms with Gasteiger partial charge in [-0.15, -0.1) is 0 Å². The van der Waals surface area contributed by atoms with Crippen LogP contribution in [0.15, 0.2) is 29.1 Å². The predicted molar refractivity (Wildman–Crippen MR) is 95.4 cm³/mol. The van der Waals surface area contributed by atoms with Crippen LogP contribution in [0.25, 0.3) is 10.9 Å². The molecule has 7 nitrogen and oxygen atoms in total. The molecule has 0 aliphatic carbocycles. The molecular formula is C18H24N4O3.